The minimum atomic E-state index is -0.267. The van der Waals surface area contributed by atoms with E-state index in [1.54, 1.807) is 0 Å². The summed E-state index contributed by atoms with van der Waals surface area (Å²) < 4.78 is 17.6. The predicted octanol–water partition coefficient (Wildman–Crippen LogP) is 4.46. The molecule has 0 unspecified atom stereocenters. The van der Waals surface area contributed by atoms with Crippen LogP contribution in [0.5, 0.6) is 17.8 Å². The molecule has 8 nitrogen and oxygen atoms in total. The smallest absolute Gasteiger partial charge is 0.327 e. The molecule has 0 bridgehead atoms. The van der Waals surface area contributed by atoms with Crippen molar-refractivity contribution in [2.24, 2.45) is 5.92 Å². The second-order valence-corrected chi connectivity index (χ2v) is 8.25. The molecule has 1 aliphatic rings. The molecule has 1 heterocycles. The summed E-state index contributed by atoms with van der Waals surface area (Å²) in [7, 11) is 2.98. The fourth-order valence-electron chi connectivity index (χ4n) is 3.23. The molecule has 0 atom stereocenters. The van der Waals surface area contributed by atoms with Crippen LogP contribution in [0.25, 0.3) is 11.1 Å². The fraction of sp³-hybridized carbons (Fsp3) is 0.292. The van der Waals surface area contributed by atoms with Crippen LogP contribution >= 0.6 is 15.9 Å². The van der Waals surface area contributed by atoms with Gasteiger partial charge in [-0.3, -0.25) is 4.79 Å². The van der Waals surface area contributed by atoms with Gasteiger partial charge >= 0.3 is 12.0 Å². The van der Waals surface area contributed by atoms with Crippen LogP contribution in [0.15, 0.2) is 53.0 Å². The highest BCUT2D eigenvalue weighted by Gasteiger charge is 2.31. The third kappa shape index (κ3) is 5.61. The van der Waals surface area contributed by atoms with Crippen molar-refractivity contribution in [1.82, 2.24) is 15.4 Å². The normalized spacial score (nSPS) is 12.8. The number of benzene rings is 2. The lowest BCUT2D eigenvalue weighted by molar-refractivity contribution is -0.153. The Morgan fingerprint density at radius 3 is 2.36 bits per heavy atom. The van der Waals surface area contributed by atoms with Gasteiger partial charge < -0.3 is 19.0 Å². The van der Waals surface area contributed by atoms with Gasteiger partial charge in [0.05, 0.1) is 32.2 Å². The van der Waals surface area contributed by atoms with Crippen molar-refractivity contribution < 1.29 is 23.8 Å². The van der Waals surface area contributed by atoms with Gasteiger partial charge in [0, 0.05) is 10.0 Å². The Morgan fingerprint density at radius 1 is 1.03 bits per heavy atom. The van der Waals surface area contributed by atoms with Gasteiger partial charge in [-0.2, -0.15) is 9.97 Å². The van der Waals surface area contributed by atoms with Crippen molar-refractivity contribution in [2.45, 2.75) is 26.0 Å². The monoisotopic (exact) mass is 513 g/mol. The Balaban J connectivity index is 1.47. The van der Waals surface area contributed by atoms with Crippen LogP contribution in [0.3, 0.4) is 0 Å². The number of methoxy groups -OCH3 is 2. The van der Waals surface area contributed by atoms with Crippen molar-refractivity contribution in [2.75, 3.05) is 14.2 Å². The Labute approximate surface area is 200 Å². The summed E-state index contributed by atoms with van der Waals surface area (Å²) in [6.07, 6.45) is 1.74. The number of hydroxylamine groups is 1. The number of carbonyl (C=O) groups excluding carboxylic acids is 1. The Morgan fingerprint density at radius 2 is 1.73 bits per heavy atom. The number of halogens is 1. The Bertz CT molecular complexity index is 1100. The van der Waals surface area contributed by atoms with Gasteiger partial charge in [0.1, 0.15) is 6.61 Å². The van der Waals surface area contributed by atoms with E-state index in [0.717, 1.165) is 34.0 Å². The minimum Gasteiger partial charge on any atom is -0.481 e. The molecular formula is C24H24BrN3O5. The van der Waals surface area contributed by atoms with Crippen molar-refractivity contribution in [1.29, 1.82) is 0 Å². The van der Waals surface area contributed by atoms with Crippen LogP contribution in [0.1, 0.15) is 24.0 Å². The molecule has 172 valence electrons. The number of rotatable bonds is 10. The van der Waals surface area contributed by atoms with E-state index in [4.69, 9.17) is 19.0 Å². The molecule has 0 amide bonds. The Hall–Kier alpha value is -3.17. The highest BCUT2D eigenvalue weighted by atomic mass is 79.9. The average molecular weight is 514 g/mol. The maximum atomic E-state index is 11.7. The van der Waals surface area contributed by atoms with Crippen LogP contribution in [-0.2, 0) is 22.8 Å². The summed E-state index contributed by atoms with van der Waals surface area (Å²) in [5, 5.41) is 0. The molecule has 0 aliphatic heterocycles. The van der Waals surface area contributed by atoms with Crippen molar-refractivity contribution in [3.8, 4) is 28.9 Å². The summed E-state index contributed by atoms with van der Waals surface area (Å²) in [5.41, 5.74) is 6.27. The van der Waals surface area contributed by atoms with Crippen molar-refractivity contribution >= 4 is 21.9 Å². The lowest BCUT2D eigenvalue weighted by atomic mass is 10.0. The second kappa shape index (κ2) is 10.6. The zero-order chi connectivity index (χ0) is 23.2. The van der Waals surface area contributed by atoms with Gasteiger partial charge in [-0.15, -0.1) is 5.48 Å². The van der Waals surface area contributed by atoms with Crippen molar-refractivity contribution in [3.63, 3.8) is 0 Å². The van der Waals surface area contributed by atoms with E-state index in [1.165, 1.54) is 14.2 Å². The molecule has 1 aliphatic carbocycles. The highest BCUT2D eigenvalue weighted by molar-refractivity contribution is 9.10. The molecule has 0 spiro atoms. The molecule has 9 heteroatoms. The van der Waals surface area contributed by atoms with Gasteiger partial charge in [-0.1, -0.05) is 48.5 Å². The molecule has 0 saturated heterocycles. The van der Waals surface area contributed by atoms with E-state index in [-0.39, 0.29) is 42.8 Å². The number of ether oxygens (including phenoxy) is 3. The molecular weight excluding hydrogens is 490 g/mol. The number of carbonyl (C=O) groups is 1. The molecule has 2 aromatic carbocycles. The number of hydrogen-bond acceptors (Lipinski definition) is 8. The van der Waals surface area contributed by atoms with Crippen LogP contribution in [0, 0.1) is 5.92 Å². The molecule has 1 fully saturated rings. The van der Waals surface area contributed by atoms with Gasteiger partial charge in [0.15, 0.2) is 0 Å². The molecule has 3 aromatic rings. The summed E-state index contributed by atoms with van der Waals surface area (Å²) >= 11 is 3.69. The molecule has 0 radical (unpaired) electrons. The number of nitrogens with zero attached hydrogens (tertiary/aromatic N) is 2. The third-order valence-corrected chi connectivity index (χ3v) is 6.09. The molecule has 33 heavy (non-hydrogen) atoms. The molecule has 1 N–H and O–H groups in total. The predicted molar refractivity (Wildman–Crippen MR) is 125 cm³/mol. The average Bonchev–Trinajstić information content (AvgIpc) is 3.70. The molecule has 1 aromatic heterocycles. The van der Waals surface area contributed by atoms with Gasteiger partial charge in [-0.25, -0.2) is 0 Å². The zero-order valence-electron chi connectivity index (χ0n) is 18.3. The van der Waals surface area contributed by atoms with Crippen LogP contribution in [-0.4, -0.2) is 30.2 Å². The van der Waals surface area contributed by atoms with E-state index >= 15 is 0 Å². The van der Waals surface area contributed by atoms with Gasteiger partial charge in [0.2, 0.25) is 11.8 Å². The molecule has 4 rings (SSSR count). The lowest BCUT2D eigenvalue weighted by Gasteiger charge is -2.15. The lowest BCUT2D eigenvalue weighted by Crippen LogP contribution is -2.21. The zero-order valence-corrected chi connectivity index (χ0v) is 19.9. The largest absolute Gasteiger partial charge is 0.481 e. The Kier molecular flexibility index (Phi) is 7.41. The maximum absolute atomic E-state index is 11.7. The van der Waals surface area contributed by atoms with Crippen LogP contribution < -0.4 is 19.7 Å². The van der Waals surface area contributed by atoms with E-state index < -0.39 is 0 Å². The first kappa shape index (κ1) is 23.0. The van der Waals surface area contributed by atoms with Crippen LogP contribution in [0.2, 0.25) is 0 Å². The van der Waals surface area contributed by atoms with Gasteiger partial charge in [0.25, 0.3) is 0 Å². The maximum Gasteiger partial charge on any atom is 0.327 e. The van der Waals surface area contributed by atoms with Gasteiger partial charge in [-0.05, 0) is 39.9 Å². The number of hydrogen-bond donors (Lipinski definition) is 1. The first-order chi connectivity index (χ1) is 16.1. The first-order valence-corrected chi connectivity index (χ1v) is 11.3. The van der Waals surface area contributed by atoms with E-state index in [2.05, 4.69) is 43.5 Å². The summed E-state index contributed by atoms with van der Waals surface area (Å²) in [6, 6.07) is 16.2. The van der Waals surface area contributed by atoms with Crippen LogP contribution in [0.4, 0.5) is 0 Å². The number of aromatic nitrogens is 2. The fourth-order valence-corrected chi connectivity index (χ4v) is 3.84. The first-order valence-electron chi connectivity index (χ1n) is 10.5. The topological polar surface area (TPSA) is 91.8 Å². The van der Waals surface area contributed by atoms with E-state index in [0.29, 0.717) is 5.56 Å². The van der Waals surface area contributed by atoms with Crippen molar-refractivity contribution in [3.05, 3.63) is 64.1 Å². The van der Waals surface area contributed by atoms with E-state index in [9.17, 15) is 4.79 Å². The summed E-state index contributed by atoms with van der Waals surface area (Å²) in [5.74, 6) is 0.262. The minimum absolute atomic E-state index is 0.00645. The number of nitrogens with one attached hydrogen (secondary N) is 1. The quantitative estimate of drug-likeness (QED) is 0.397. The SMILES string of the molecule is COc1nc(OCc2cccc(-c3ccccc3)c2Br)nc(OC)c1CNOC(=O)C1CC1. The highest BCUT2D eigenvalue weighted by Crippen LogP contribution is 2.33. The van der Waals surface area contributed by atoms with E-state index in [1.807, 2.05) is 36.4 Å². The third-order valence-electron chi connectivity index (χ3n) is 5.15. The second-order valence-electron chi connectivity index (χ2n) is 7.45. The molecule has 1 saturated carbocycles. The summed E-state index contributed by atoms with van der Waals surface area (Å²) in [6.45, 7) is 0.375. The standard InChI is InChI=1S/C24H24BrN3O5/c1-30-21-19(13-26-33-23(29)16-11-12-16)22(31-2)28-24(27-21)32-14-17-9-6-10-18(20(17)25)15-7-4-3-5-8-15/h3-10,16,26H,11-14H2,1-2H3. The summed E-state index contributed by atoms with van der Waals surface area (Å²) in [4.78, 5) is 25.5.